The van der Waals surface area contributed by atoms with Gasteiger partial charge in [0.1, 0.15) is 16.7 Å². The Morgan fingerprint density at radius 3 is 1.61 bits per heavy atom. The summed E-state index contributed by atoms with van der Waals surface area (Å²) in [6.45, 7) is 9.41. The summed E-state index contributed by atoms with van der Waals surface area (Å²) < 4.78 is 12.9. The summed E-state index contributed by atoms with van der Waals surface area (Å²) in [6.07, 6.45) is 0. The molecule has 8 aromatic carbocycles. The summed E-state index contributed by atoms with van der Waals surface area (Å²) in [4.78, 5) is 7.23. The van der Waals surface area contributed by atoms with Crippen molar-refractivity contribution in [1.29, 1.82) is 0 Å². The van der Waals surface area contributed by atoms with Crippen molar-refractivity contribution in [3.8, 4) is 44.8 Å². The second-order valence-corrected chi connectivity index (χ2v) is 17.2. The Balaban J connectivity index is 0.973. The van der Waals surface area contributed by atoms with Crippen LogP contribution in [0.1, 0.15) is 49.9 Å². The Hall–Kier alpha value is -7.17. The van der Waals surface area contributed by atoms with E-state index in [0.717, 1.165) is 66.8 Å². The lowest BCUT2D eigenvalue weighted by Crippen LogP contribution is -2.18. The van der Waals surface area contributed by atoms with E-state index in [1.165, 1.54) is 44.5 Å². The first-order valence-corrected chi connectivity index (χ1v) is 20.4. The van der Waals surface area contributed by atoms with E-state index in [0.29, 0.717) is 5.89 Å². The normalized spacial score (nSPS) is 14.4. The molecule has 4 heteroatoms. The highest BCUT2D eigenvalue weighted by Gasteiger charge is 2.37. The van der Waals surface area contributed by atoms with Crippen molar-refractivity contribution in [3.63, 3.8) is 0 Å². The molecule has 0 atom stereocenters. The van der Waals surface area contributed by atoms with Crippen molar-refractivity contribution in [2.75, 3.05) is 4.90 Å². The third-order valence-electron chi connectivity index (χ3n) is 13.1. The standard InChI is InChI=1S/C55H40N2O2/c1-54(2)45-19-10-8-15-39(45)41-27-25-36(29-47(41)54)57(37-26-28-42-40-16-9-11-20-46(40)55(3,4)48(42)30-37)35-23-21-33(22-24-35)38-17-12-18-43-44-31-51-49(32-50(44)58-52(38)43)56-53(59-51)34-13-6-5-7-14-34/h5-32H,1-4H3. The maximum atomic E-state index is 6.66. The molecule has 0 aliphatic heterocycles. The van der Waals surface area contributed by atoms with Gasteiger partial charge in [0.25, 0.3) is 0 Å². The van der Waals surface area contributed by atoms with Gasteiger partial charge in [0, 0.05) is 55.9 Å². The zero-order valence-corrected chi connectivity index (χ0v) is 33.4. The van der Waals surface area contributed by atoms with Crippen molar-refractivity contribution < 1.29 is 8.83 Å². The fourth-order valence-corrected chi connectivity index (χ4v) is 10.1. The third kappa shape index (κ3) is 4.93. The smallest absolute Gasteiger partial charge is 0.227 e. The minimum Gasteiger partial charge on any atom is -0.455 e. The number of nitrogens with zero attached hydrogens (tertiary/aromatic N) is 2. The van der Waals surface area contributed by atoms with Crippen LogP contribution in [0.5, 0.6) is 0 Å². The number of aromatic nitrogens is 1. The maximum Gasteiger partial charge on any atom is 0.227 e. The van der Waals surface area contributed by atoms with Crippen molar-refractivity contribution in [2.45, 2.75) is 38.5 Å². The van der Waals surface area contributed by atoms with Crippen LogP contribution in [0.3, 0.4) is 0 Å². The second kappa shape index (κ2) is 12.2. The van der Waals surface area contributed by atoms with Crippen LogP contribution in [0.2, 0.25) is 0 Å². The average molecular weight is 761 g/mol. The van der Waals surface area contributed by atoms with Crippen LogP contribution >= 0.6 is 0 Å². The summed E-state index contributed by atoms with van der Waals surface area (Å²) >= 11 is 0. The molecule has 12 rings (SSSR count). The van der Waals surface area contributed by atoms with Gasteiger partial charge >= 0.3 is 0 Å². The summed E-state index contributed by atoms with van der Waals surface area (Å²) in [6, 6.07) is 61.2. The molecule has 2 aromatic heterocycles. The van der Waals surface area contributed by atoms with Gasteiger partial charge in [-0.1, -0.05) is 137 Å². The minimum atomic E-state index is -0.118. The fraction of sp³-hybridized carbons (Fsp3) is 0.109. The van der Waals surface area contributed by atoms with E-state index in [2.05, 4.69) is 166 Å². The lowest BCUT2D eigenvalue weighted by molar-refractivity contribution is 0.620. The van der Waals surface area contributed by atoms with E-state index in [1.54, 1.807) is 0 Å². The van der Waals surface area contributed by atoms with Gasteiger partial charge in [0.05, 0.1) is 0 Å². The maximum absolute atomic E-state index is 6.66. The van der Waals surface area contributed by atoms with Gasteiger partial charge in [-0.2, -0.15) is 0 Å². The van der Waals surface area contributed by atoms with Crippen LogP contribution in [-0.2, 0) is 10.8 Å². The lowest BCUT2D eigenvalue weighted by atomic mass is 9.82. The molecule has 0 saturated heterocycles. The largest absolute Gasteiger partial charge is 0.455 e. The third-order valence-corrected chi connectivity index (χ3v) is 13.1. The van der Waals surface area contributed by atoms with E-state index in [-0.39, 0.29) is 10.8 Å². The van der Waals surface area contributed by atoms with Crippen LogP contribution < -0.4 is 4.90 Å². The molecule has 2 heterocycles. The fourth-order valence-electron chi connectivity index (χ4n) is 10.1. The SMILES string of the molecule is CC1(C)c2ccccc2-c2ccc(N(c3ccc(-c4cccc5c4oc4cc6nc(-c7ccccc7)oc6cc45)cc3)c3ccc4c(c3)C(C)(C)c3ccccc3-4)cc21. The van der Waals surface area contributed by atoms with Crippen LogP contribution in [-0.4, -0.2) is 4.98 Å². The summed E-state index contributed by atoms with van der Waals surface area (Å²) in [5.41, 5.74) is 20.1. The van der Waals surface area contributed by atoms with Crippen LogP contribution in [0.15, 0.2) is 179 Å². The molecule has 0 N–H and O–H groups in total. The Labute approximate surface area is 343 Å². The van der Waals surface area contributed by atoms with Crippen molar-refractivity contribution in [2.24, 2.45) is 0 Å². The molecule has 0 amide bonds. The van der Waals surface area contributed by atoms with Crippen molar-refractivity contribution in [3.05, 3.63) is 192 Å². The highest BCUT2D eigenvalue weighted by molar-refractivity contribution is 6.12. The molecule has 282 valence electrons. The number of benzene rings is 8. The molecule has 0 unspecified atom stereocenters. The first-order chi connectivity index (χ1) is 28.7. The molecule has 59 heavy (non-hydrogen) atoms. The van der Waals surface area contributed by atoms with Crippen molar-refractivity contribution >= 4 is 50.1 Å². The number of oxazole rings is 1. The Kier molecular flexibility index (Phi) is 7.00. The number of fused-ring (bicyclic) bond motifs is 10. The quantitative estimate of drug-likeness (QED) is 0.175. The monoisotopic (exact) mass is 760 g/mol. The molecule has 2 aliphatic carbocycles. The Bertz CT molecular complexity index is 3220. The molecule has 0 radical (unpaired) electrons. The van der Waals surface area contributed by atoms with Crippen molar-refractivity contribution in [1.82, 2.24) is 4.98 Å². The highest BCUT2D eigenvalue weighted by atomic mass is 16.4. The van der Waals surface area contributed by atoms with E-state index < -0.39 is 0 Å². The number of hydrogen-bond donors (Lipinski definition) is 0. The van der Waals surface area contributed by atoms with Gasteiger partial charge in [0.2, 0.25) is 5.89 Å². The summed E-state index contributed by atoms with van der Waals surface area (Å²) in [5, 5.41) is 2.06. The molecular weight excluding hydrogens is 721 g/mol. The van der Waals surface area contributed by atoms with E-state index >= 15 is 0 Å². The first kappa shape index (κ1) is 33.9. The molecule has 4 nitrogen and oxygen atoms in total. The Morgan fingerprint density at radius 1 is 0.407 bits per heavy atom. The summed E-state index contributed by atoms with van der Waals surface area (Å²) in [7, 11) is 0. The molecule has 2 aliphatic rings. The number of para-hydroxylation sites is 1. The zero-order chi connectivity index (χ0) is 39.6. The minimum absolute atomic E-state index is 0.118. The lowest BCUT2D eigenvalue weighted by Gasteiger charge is -2.30. The molecule has 10 aromatic rings. The number of rotatable bonds is 5. The molecule has 0 spiro atoms. The average Bonchev–Trinajstić information content (AvgIpc) is 3.98. The zero-order valence-electron chi connectivity index (χ0n) is 33.4. The van der Waals surface area contributed by atoms with Gasteiger partial charge < -0.3 is 13.7 Å². The van der Waals surface area contributed by atoms with Gasteiger partial charge in [-0.3, -0.25) is 0 Å². The van der Waals surface area contributed by atoms with Gasteiger partial charge in [-0.15, -0.1) is 0 Å². The predicted octanol–water partition coefficient (Wildman–Crippen LogP) is 15.1. The Morgan fingerprint density at radius 2 is 0.966 bits per heavy atom. The number of anilines is 3. The van der Waals surface area contributed by atoms with E-state index in [1.807, 2.05) is 36.4 Å². The predicted molar refractivity (Wildman–Crippen MR) is 242 cm³/mol. The van der Waals surface area contributed by atoms with Gasteiger partial charge in [0.15, 0.2) is 5.58 Å². The molecule has 0 bridgehead atoms. The van der Waals surface area contributed by atoms with Crippen LogP contribution in [0.4, 0.5) is 17.1 Å². The van der Waals surface area contributed by atoms with Gasteiger partial charge in [-0.05, 0) is 105 Å². The number of furan rings is 1. The molecular formula is C55H40N2O2. The van der Waals surface area contributed by atoms with E-state index in [4.69, 9.17) is 13.8 Å². The van der Waals surface area contributed by atoms with E-state index in [9.17, 15) is 0 Å². The molecule has 0 fully saturated rings. The highest BCUT2D eigenvalue weighted by Crippen LogP contribution is 2.53. The molecule has 0 saturated carbocycles. The second-order valence-electron chi connectivity index (χ2n) is 17.2. The van der Waals surface area contributed by atoms with Gasteiger partial charge in [-0.25, -0.2) is 4.98 Å². The summed E-state index contributed by atoms with van der Waals surface area (Å²) in [5.74, 6) is 0.606. The van der Waals surface area contributed by atoms with Crippen LogP contribution in [0.25, 0.3) is 77.9 Å². The topological polar surface area (TPSA) is 42.4 Å². The number of hydrogen-bond acceptors (Lipinski definition) is 4. The first-order valence-electron chi connectivity index (χ1n) is 20.4. The van der Waals surface area contributed by atoms with Crippen LogP contribution in [0, 0.1) is 0 Å².